The van der Waals surface area contributed by atoms with Gasteiger partial charge in [0.05, 0.1) is 0 Å². The van der Waals surface area contributed by atoms with E-state index in [1.807, 2.05) is 4.68 Å². The summed E-state index contributed by atoms with van der Waals surface area (Å²) in [5.41, 5.74) is 0.305. The minimum absolute atomic E-state index is 0.166. The molecule has 1 aliphatic rings. The number of hydrogen-bond acceptors (Lipinski definition) is 3. The molecular weight excluding hydrogens is 307 g/mol. The van der Waals surface area contributed by atoms with E-state index in [4.69, 9.17) is 11.6 Å². The van der Waals surface area contributed by atoms with Crippen molar-refractivity contribution in [2.45, 2.75) is 19.4 Å². The maximum atomic E-state index is 13.4. The number of carbonyl (C=O) groups is 1. The van der Waals surface area contributed by atoms with Crippen molar-refractivity contribution in [1.82, 2.24) is 19.7 Å². The lowest BCUT2D eigenvalue weighted by atomic mass is 9.96. The highest BCUT2D eigenvalue weighted by Crippen LogP contribution is 2.22. The van der Waals surface area contributed by atoms with Crippen LogP contribution in [0.4, 0.5) is 4.39 Å². The van der Waals surface area contributed by atoms with Gasteiger partial charge < -0.3 is 4.90 Å². The number of benzene rings is 1. The van der Waals surface area contributed by atoms with Crippen molar-refractivity contribution in [3.63, 3.8) is 0 Å². The molecule has 0 N–H and O–H groups in total. The largest absolute Gasteiger partial charge is 0.339 e. The van der Waals surface area contributed by atoms with Crippen LogP contribution in [0.15, 0.2) is 30.9 Å². The molecule has 5 nitrogen and oxygen atoms in total. The van der Waals surface area contributed by atoms with Gasteiger partial charge in [-0.3, -0.25) is 9.48 Å². The summed E-state index contributed by atoms with van der Waals surface area (Å²) in [6.07, 6.45) is 5.02. The predicted molar refractivity (Wildman–Crippen MR) is 80.1 cm³/mol. The molecule has 1 amide bonds. The molecule has 0 unspecified atom stereocenters. The Hall–Kier alpha value is -1.95. The lowest BCUT2D eigenvalue weighted by Gasteiger charge is -2.32. The normalized spacial score (nSPS) is 16.0. The van der Waals surface area contributed by atoms with Crippen molar-refractivity contribution in [3.8, 4) is 0 Å². The number of aromatic nitrogens is 3. The monoisotopic (exact) mass is 322 g/mol. The average Bonchev–Trinajstić information content (AvgIpc) is 2.99. The fourth-order valence-electron chi connectivity index (χ4n) is 2.77. The number of rotatable bonds is 3. The molecule has 0 saturated carbocycles. The second-order valence-corrected chi connectivity index (χ2v) is 5.95. The highest BCUT2D eigenvalue weighted by molar-refractivity contribution is 6.31. The van der Waals surface area contributed by atoms with E-state index < -0.39 is 5.82 Å². The third kappa shape index (κ3) is 3.44. The molecule has 116 valence electrons. The molecule has 2 heterocycles. The van der Waals surface area contributed by atoms with Crippen molar-refractivity contribution in [3.05, 3.63) is 47.3 Å². The van der Waals surface area contributed by atoms with Gasteiger partial charge in [-0.1, -0.05) is 11.6 Å². The molecule has 7 heteroatoms. The zero-order valence-electron chi connectivity index (χ0n) is 12.0. The summed E-state index contributed by atoms with van der Waals surface area (Å²) in [4.78, 5) is 18.1. The quantitative estimate of drug-likeness (QED) is 0.873. The van der Waals surface area contributed by atoms with Crippen LogP contribution in [0.1, 0.15) is 23.2 Å². The molecule has 0 radical (unpaired) electrons. The van der Waals surface area contributed by atoms with E-state index in [1.54, 1.807) is 11.2 Å². The lowest BCUT2D eigenvalue weighted by molar-refractivity contribution is 0.0680. The van der Waals surface area contributed by atoms with Crippen LogP contribution in [0.5, 0.6) is 0 Å². The van der Waals surface area contributed by atoms with Gasteiger partial charge in [0.2, 0.25) is 0 Å². The Morgan fingerprint density at radius 2 is 2.09 bits per heavy atom. The zero-order valence-corrected chi connectivity index (χ0v) is 12.7. The molecule has 0 bridgehead atoms. The Balaban J connectivity index is 1.59. The van der Waals surface area contributed by atoms with Crippen molar-refractivity contribution in [2.24, 2.45) is 5.92 Å². The summed E-state index contributed by atoms with van der Waals surface area (Å²) in [7, 11) is 0. The SMILES string of the molecule is O=C(c1cc(F)cc(Cl)c1)N1CCC(Cn2cncn2)CC1. The van der Waals surface area contributed by atoms with Crippen LogP contribution in [-0.2, 0) is 6.54 Å². The molecule has 0 atom stereocenters. The molecule has 1 aromatic carbocycles. The maximum Gasteiger partial charge on any atom is 0.254 e. The molecule has 1 aromatic heterocycles. The topological polar surface area (TPSA) is 51.0 Å². The Morgan fingerprint density at radius 3 is 2.73 bits per heavy atom. The van der Waals surface area contributed by atoms with E-state index in [2.05, 4.69) is 10.1 Å². The summed E-state index contributed by atoms with van der Waals surface area (Å²) in [6, 6.07) is 3.94. The first-order valence-electron chi connectivity index (χ1n) is 7.19. The van der Waals surface area contributed by atoms with Crippen molar-refractivity contribution in [2.75, 3.05) is 13.1 Å². The van der Waals surface area contributed by atoms with E-state index in [0.717, 1.165) is 19.4 Å². The number of halogens is 2. The number of likely N-dealkylation sites (tertiary alicyclic amines) is 1. The molecule has 1 aliphatic heterocycles. The van der Waals surface area contributed by atoms with Crippen LogP contribution < -0.4 is 0 Å². The van der Waals surface area contributed by atoms with Crippen LogP contribution in [0.2, 0.25) is 5.02 Å². The van der Waals surface area contributed by atoms with Gasteiger partial charge in [0.15, 0.2) is 0 Å². The summed E-state index contributed by atoms with van der Waals surface area (Å²) in [5, 5.41) is 4.34. The van der Waals surface area contributed by atoms with Gasteiger partial charge in [-0.05, 0) is 37.0 Å². The first-order valence-corrected chi connectivity index (χ1v) is 7.57. The summed E-state index contributed by atoms with van der Waals surface area (Å²) in [6.45, 7) is 2.13. The minimum atomic E-state index is -0.489. The molecule has 1 fully saturated rings. The fourth-order valence-corrected chi connectivity index (χ4v) is 2.99. The first kappa shape index (κ1) is 15.0. The standard InChI is InChI=1S/C15H16ClFN4O/c16-13-5-12(6-14(17)7-13)15(22)20-3-1-11(2-4-20)8-21-10-18-9-19-21/h5-7,9-11H,1-4,8H2. The zero-order chi connectivity index (χ0) is 15.5. The summed E-state index contributed by atoms with van der Waals surface area (Å²) >= 11 is 5.81. The van der Waals surface area contributed by atoms with Crippen molar-refractivity contribution >= 4 is 17.5 Å². The summed E-state index contributed by atoms with van der Waals surface area (Å²) < 4.78 is 15.2. The molecular formula is C15H16ClFN4O. The Bertz CT molecular complexity index is 633. The number of nitrogens with zero attached hydrogens (tertiary/aromatic N) is 4. The Labute approximate surface area is 132 Å². The Morgan fingerprint density at radius 1 is 1.32 bits per heavy atom. The highest BCUT2D eigenvalue weighted by atomic mass is 35.5. The molecule has 22 heavy (non-hydrogen) atoms. The molecule has 0 aliphatic carbocycles. The molecule has 0 spiro atoms. The Kier molecular flexibility index (Phi) is 4.38. The van der Waals surface area contributed by atoms with E-state index in [0.29, 0.717) is 24.6 Å². The van der Waals surface area contributed by atoms with Crippen molar-refractivity contribution < 1.29 is 9.18 Å². The second kappa shape index (κ2) is 6.44. The lowest BCUT2D eigenvalue weighted by Crippen LogP contribution is -2.39. The van der Waals surface area contributed by atoms with Crippen LogP contribution in [0.25, 0.3) is 0 Å². The number of amides is 1. The van der Waals surface area contributed by atoms with Gasteiger partial charge in [0.1, 0.15) is 18.5 Å². The van der Waals surface area contributed by atoms with E-state index in [-0.39, 0.29) is 10.9 Å². The van der Waals surface area contributed by atoms with E-state index >= 15 is 0 Å². The predicted octanol–water partition coefficient (Wildman–Crippen LogP) is 2.62. The fraction of sp³-hybridized carbons (Fsp3) is 0.400. The van der Waals surface area contributed by atoms with E-state index in [1.165, 1.54) is 24.5 Å². The van der Waals surface area contributed by atoms with Crippen LogP contribution in [0, 0.1) is 11.7 Å². The van der Waals surface area contributed by atoms with Gasteiger partial charge in [-0.15, -0.1) is 0 Å². The second-order valence-electron chi connectivity index (χ2n) is 5.51. The third-order valence-corrected chi connectivity index (χ3v) is 4.14. The van der Waals surface area contributed by atoms with Crippen LogP contribution in [0.3, 0.4) is 0 Å². The van der Waals surface area contributed by atoms with Gasteiger partial charge in [0.25, 0.3) is 5.91 Å². The van der Waals surface area contributed by atoms with Gasteiger partial charge in [-0.25, -0.2) is 9.37 Å². The first-order chi connectivity index (χ1) is 10.6. The third-order valence-electron chi connectivity index (χ3n) is 3.92. The average molecular weight is 323 g/mol. The molecule has 3 rings (SSSR count). The van der Waals surface area contributed by atoms with Crippen molar-refractivity contribution in [1.29, 1.82) is 0 Å². The summed E-state index contributed by atoms with van der Waals surface area (Å²) in [5.74, 6) is -0.181. The van der Waals surface area contributed by atoms with Gasteiger partial charge in [-0.2, -0.15) is 5.10 Å². The highest BCUT2D eigenvalue weighted by Gasteiger charge is 2.24. The molecule has 1 saturated heterocycles. The number of hydrogen-bond donors (Lipinski definition) is 0. The smallest absolute Gasteiger partial charge is 0.254 e. The van der Waals surface area contributed by atoms with Crippen LogP contribution >= 0.6 is 11.6 Å². The maximum absolute atomic E-state index is 13.4. The van der Waals surface area contributed by atoms with Gasteiger partial charge >= 0.3 is 0 Å². The minimum Gasteiger partial charge on any atom is -0.339 e. The number of carbonyl (C=O) groups excluding carboxylic acids is 1. The molecule has 2 aromatic rings. The van der Waals surface area contributed by atoms with Crippen LogP contribution in [-0.4, -0.2) is 38.7 Å². The van der Waals surface area contributed by atoms with Gasteiger partial charge in [0, 0.05) is 30.2 Å². The number of piperidine rings is 1. The van der Waals surface area contributed by atoms with E-state index in [9.17, 15) is 9.18 Å².